The van der Waals surface area contributed by atoms with Crippen LogP contribution in [0.3, 0.4) is 0 Å². The van der Waals surface area contributed by atoms with Gasteiger partial charge in [-0.3, -0.25) is 5.41 Å². The van der Waals surface area contributed by atoms with E-state index in [0.29, 0.717) is 6.04 Å². The fourth-order valence-corrected chi connectivity index (χ4v) is 1.46. The molecule has 1 aliphatic heterocycles. The minimum absolute atomic E-state index is 0.448. The van der Waals surface area contributed by atoms with Gasteiger partial charge in [-0.15, -0.1) is 0 Å². The van der Waals surface area contributed by atoms with Crippen LogP contribution in [0.5, 0.6) is 0 Å². The molecule has 0 aromatic heterocycles. The summed E-state index contributed by atoms with van der Waals surface area (Å²) >= 11 is 0. The van der Waals surface area contributed by atoms with Gasteiger partial charge in [0.25, 0.3) is 0 Å². The van der Waals surface area contributed by atoms with Gasteiger partial charge in [0, 0.05) is 20.1 Å². The molecule has 1 atom stereocenters. The average molecular weight is 170 g/mol. The highest BCUT2D eigenvalue weighted by Gasteiger charge is 2.21. The minimum atomic E-state index is 0.448. The molecule has 0 amide bonds. The molecule has 0 bridgehead atoms. The molecule has 1 unspecified atom stereocenters. The van der Waals surface area contributed by atoms with E-state index in [2.05, 4.69) is 11.8 Å². The normalized spacial score (nSPS) is 22.7. The van der Waals surface area contributed by atoms with E-state index < -0.39 is 0 Å². The lowest BCUT2D eigenvalue weighted by Crippen LogP contribution is -2.36. The lowest BCUT2D eigenvalue weighted by atomic mass is 10.2. The fourth-order valence-electron chi connectivity index (χ4n) is 1.46. The van der Waals surface area contributed by atoms with Crippen molar-refractivity contribution >= 4 is 5.84 Å². The second-order valence-electron chi connectivity index (χ2n) is 3.33. The summed E-state index contributed by atoms with van der Waals surface area (Å²) in [6.07, 6.45) is 3.01. The molecule has 0 saturated carbocycles. The zero-order valence-corrected chi connectivity index (χ0v) is 7.97. The van der Waals surface area contributed by atoms with Gasteiger partial charge in [0.2, 0.25) is 0 Å². The smallest absolute Gasteiger partial charge is 0.0958 e. The number of hydrogen-bond acceptors (Lipinski definition) is 2. The highest BCUT2D eigenvalue weighted by Crippen LogP contribution is 2.11. The maximum Gasteiger partial charge on any atom is 0.0958 e. The standard InChI is InChI=1S/C9H18N2O/c1-3-4-9(10)11(2)8-5-6-12-7-8/h8,10H,3-7H2,1-2H3. The summed E-state index contributed by atoms with van der Waals surface area (Å²) in [4.78, 5) is 2.05. The van der Waals surface area contributed by atoms with Crippen LogP contribution in [0.15, 0.2) is 0 Å². The maximum atomic E-state index is 7.73. The van der Waals surface area contributed by atoms with Crippen LogP contribution in [-0.2, 0) is 4.74 Å². The van der Waals surface area contributed by atoms with Crippen LogP contribution >= 0.6 is 0 Å². The van der Waals surface area contributed by atoms with Crippen molar-refractivity contribution in [2.45, 2.75) is 32.2 Å². The van der Waals surface area contributed by atoms with Gasteiger partial charge in [-0.1, -0.05) is 6.92 Å². The second-order valence-corrected chi connectivity index (χ2v) is 3.33. The first-order valence-corrected chi connectivity index (χ1v) is 4.63. The minimum Gasteiger partial charge on any atom is -0.379 e. The summed E-state index contributed by atoms with van der Waals surface area (Å²) in [6, 6.07) is 0.448. The van der Waals surface area contributed by atoms with E-state index in [1.165, 1.54) is 0 Å². The van der Waals surface area contributed by atoms with E-state index >= 15 is 0 Å². The van der Waals surface area contributed by atoms with Gasteiger partial charge < -0.3 is 9.64 Å². The van der Waals surface area contributed by atoms with Crippen molar-refractivity contribution in [3.8, 4) is 0 Å². The molecule has 1 aliphatic rings. The Morgan fingerprint density at radius 2 is 2.42 bits per heavy atom. The number of ether oxygens (including phenoxy) is 1. The van der Waals surface area contributed by atoms with Crippen molar-refractivity contribution in [3.63, 3.8) is 0 Å². The van der Waals surface area contributed by atoms with Crippen molar-refractivity contribution in [2.24, 2.45) is 0 Å². The van der Waals surface area contributed by atoms with Crippen LogP contribution in [0, 0.1) is 5.41 Å². The number of nitrogens with zero attached hydrogens (tertiary/aromatic N) is 1. The predicted octanol–water partition coefficient (Wildman–Crippen LogP) is 1.48. The summed E-state index contributed by atoms with van der Waals surface area (Å²) in [5, 5.41) is 7.73. The predicted molar refractivity (Wildman–Crippen MR) is 49.6 cm³/mol. The lowest BCUT2D eigenvalue weighted by molar-refractivity contribution is 0.178. The van der Waals surface area contributed by atoms with E-state index in [4.69, 9.17) is 10.1 Å². The van der Waals surface area contributed by atoms with Crippen LogP contribution in [0.2, 0.25) is 0 Å². The Bertz CT molecular complexity index is 153. The van der Waals surface area contributed by atoms with Crippen LogP contribution in [0.25, 0.3) is 0 Å². The molecule has 0 spiro atoms. The molecule has 0 radical (unpaired) electrons. The summed E-state index contributed by atoms with van der Waals surface area (Å²) in [7, 11) is 2.00. The van der Waals surface area contributed by atoms with Gasteiger partial charge >= 0.3 is 0 Å². The molecular formula is C9H18N2O. The van der Waals surface area contributed by atoms with Gasteiger partial charge in [0.1, 0.15) is 0 Å². The third-order valence-corrected chi connectivity index (χ3v) is 2.37. The number of nitrogens with one attached hydrogen (secondary N) is 1. The topological polar surface area (TPSA) is 36.3 Å². The van der Waals surface area contributed by atoms with E-state index in [1.54, 1.807) is 0 Å². The van der Waals surface area contributed by atoms with Crippen molar-refractivity contribution < 1.29 is 4.74 Å². The number of rotatable bonds is 3. The molecule has 1 heterocycles. The van der Waals surface area contributed by atoms with Crippen LogP contribution in [0.1, 0.15) is 26.2 Å². The first-order chi connectivity index (χ1) is 5.75. The highest BCUT2D eigenvalue weighted by molar-refractivity contribution is 5.79. The average Bonchev–Trinajstić information content (AvgIpc) is 2.55. The second kappa shape index (κ2) is 4.45. The summed E-state index contributed by atoms with van der Waals surface area (Å²) < 4.78 is 5.27. The summed E-state index contributed by atoms with van der Waals surface area (Å²) in [5.74, 6) is 0.744. The van der Waals surface area contributed by atoms with Crippen LogP contribution in [0.4, 0.5) is 0 Å². The van der Waals surface area contributed by atoms with Crippen LogP contribution < -0.4 is 0 Å². The Morgan fingerprint density at radius 1 is 1.67 bits per heavy atom. The molecule has 0 aliphatic carbocycles. The number of amidine groups is 1. The summed E-state index contributed by atoms with van der Waals surface area (Å²) in [6.45, 7) is 3.75. The van der Waals surface area contributed by atoms with Crippen molar-refractivity contribution in [1.82, 2.24) is 4.90 Å². The SMILES string of the molecule is CCCC(=N)N(C)C1CCOC1. The Labute approximate surface area is 74.2 Å². The quantitative estimate of drug-likeness (QED) is 0.514. The molecule has 0 aromatic rings. The largest absolute Gasteiger partial charge is 0.379 e. The molecular weight excluding hydrogens is 152 g/mol. The zero-order valence-electron chi connectivity index (χ0n) is 7.97. The molecule has 1 saturated heterocycles. The van der Waals surface area contributed by atoms with Crippen molar-refractivity contribution in [1.29, 1.82) is 5.41 Å². The Kier molecular flexibility index (Phi) is 3.53. The van der Waals surface area contributed by atoms with Gasteiger partial charge in [-0.25, -0.2) is 0 Å². The van der Waals surface area contributed by atoms with Crippen molar-refractivity contribution in [2.75, 3.05) is 20.3 Å². The Morgan fingerprint density at radius 3 is 2.92 bits per heavy atom. The molecule has 1 fully saturated rings. The lowest BCUT2D eigenvalue weighted by Gasteiger charge is -2.25. The van der Waals surface area contributed by atoms with Gasteiger partial charge in [0.15, 0.2) is 0 Å². The summed E-state index contributed by atoms with van der Waals surface area (Å²) in [5.41, 5.74) is 0. The maximum absolute atomic E-state index is 7.73. The molecule has 1 N–H and O–H groups in total. The van der Waals surface area contributed by atoms with E-state index in [1.807, 2.05) is 7.05 Å². The van der Waals surface area contributed by atoms with E-state index in [0.717, 1.165) is 38.3 Å². The highest BCUT2D eigenvalue weighted by atomic mass is 16.5. The number of likely N-dealkylation sites (N-methyl/N-ethyl adjacent to an activating group) is 1. The Balaban J connectivity index is 2.34. The monoisotopic (exact) mass is 170 g/mol. The first kappa shape index (κ1) is 9.52. The van der Waals surface area contributed by atoms with Crippen molar-refractivity contribution in [3.05, 3.63) is 0 Å². The molecule has 70 valence electrons. The van der Waals surface area contributed by atoms with E-state index in [9.17, 15) is 0 Å². The van der Waals surface area contributed by atoms with Gasteiger partial charge in [0.05, 0.1) is 18.5 Å². The molecule has 1 rings (SSSR count). The van der Waals surface area contributed by atoms with Gasteiger partial charge in [-0.2, -0.15) is 0 Å². The fraction of sp³-hybridized carbons (Fsp3) is 0.889. The third-order valence-electron chi connectivity index (χ3n) is 2.37. The Hall–Kier alpha value is -0.570. The van der Waals surface area contributed by atoms with Gasteiger partial charge in [-0.05, 0) is 12.8 Å². The van der Waals surface area contributed by atoms with E-state index in [-0.39, 0.29) is 0 Å². The first-order valence-electron chi connectivity index (χ1n) is 4.63. The molecule has 3 nitrogen and oxygen atoms in total. The van der Waals surface area contributed by atoms with Crippen LogP contribution in [-0.4, -0.2) is 37.0 Å². The zero-order chi connectivity index (χ0) is 8.97. The molecule has 12 heavy (non-hydrogen) atoms. The number of hydrogen-bond donors (Lipinski definition) is 1. The third kappa shape index (κ3) is 2.21. The molecule has 0 aromatic carbocycles. The molecule has 3 heteroatoms.